The van der Waals surface area contributed by atoms with E-state index in [0.29, 0.717) is 18.6 Å². The monoisotopic (exact) mass is 320 g/mol. The molecule has 1 N–H and O–H groups in total. The van der Waals surface area contributed by atoms with Crippen molar-refractivity contribution in [2.24, 2.45) is 0 Å². The second-order valence-corrected chi connectivity index (χ2v) is 6.66. The summed E-state index contributed by atoms with van der Waals surface area (Å²) in [4.78, 5) is 21.1. The minimum atomic E-state index is 0.172. The molecule has 1 amide bonds. The molecule has 0 saturated carbocycles. The maximum absolute atomic E-state index is 12.4. The lowest BCUT2D eigenvalue weighted by atomic mass is 10.1. The second kappa shape index (κ2) is 7.88. The van der Waals surface area contributed by atoms with E-state index in [4.69, 9.17) is 0 Å². The van der Waals surface area contributed by atoms with E-state index in [0.717, 1.165) is 58.4 Å². The largest absolute Gasteiger partial charge is 0.352 e. The first kappa shape index (κ1) is 16.4. The van der Waals surface area contributed by atoms with Crippen LogP contribution in [0.25, 0.3) is 0 Å². The Labute approximate surface area is 138 Å². The van der Waals surface area contributed by atoms with E-state index < -0.39 is 0 Å². The summed E-state index contributed by atoms with van der Waals surface area (Å²) < 4.78 is 1.86. The van der Waals surface area contributed by atoms with Crippen molar-refractivity contribution in [2.45, 2.75) is 51.2 Å². The molecule has 2 aliphatic heterocycles. The number of amides is 1. The summed E-state index contributed by atoms with van der Waals surface area (Å²) in [5, 5.41) is 7.40. The Morgan fingerprint density at radius 2 is 2.09 bits per heavy atom. The Morgan fingerprint density at radius 3 is 2.78 bits per heavy atom. The van der Waals surface area contributed by atoms with Crippen molar-refractivity contribution in [3.63, 3.8) is 0 Å². The number of hydrogen-bond acceptors (Lipinski definition) is 5. The van der Waals surface area contributed by atoms with Gasteiger partial charge in [0.25, 0.3) is 0 Å². The smallest absolute Gasteiger partial charge is 0.234 e. The van der Waals surface area contributed by atoms with E-state index in [1.54, 1.807) is 12.7 Å². The number of rotatable bonds is 6. The van der Waals surface area contributed by atoms with Crippen LogP contribution in [0.3, 0.4) is 0 Å². The van der Waals surface area contributed by atoms with Gasteiger partial charge in [0.2, 0.25) is 5.91 Å². The van der Waals surface area contributed by atoms with Crippen molar-refractivity contribution in [2.75, 3.05) is 32.7 Å². The lowest BCUT2D eigenvalue weighted by Crippen LogP contribution is -2.48. The van der Waals surface area contributed by atoms with Crippen LogP contribution in [0.2, 0.25) is 0 Å². The zero-order valence-electron chi connectivity index (χ0n) is 14.0. The van der Waals surface area contributed by atoms with Crippen molar-refractivity contribution in [3.05, 3.63) is 12.7 Å². The zero-order valence-corrected chi connectivity index (χ0v) is 14.0. The molecular weight excluding hydrogens is 292 g/mol. The molecule has 0 aliphatic carbocycles. The van der Waals surface area contributed by atoms with Gasteiger partial charge in [-0.2, -0.15) is 5.10 Å². The van der Waals surface area contributed by atoms with Gasteiger partial charge in [-0.3, -0.25) is 14.4 Å². The van der Waals surface area contributed by atoms with E-state index in [-0.39, 0.29) is 5.91 Å². The lowest BCUT2D eigenvalue weighted by Gasteiger charge is -2.32. The molecule has 1 aromatic heterocycles. The van der Waals surface area contributed by atoms with Crippen molar-refractivity contribution in [3.8, 4) is 0 Å². The molecule has 2 saturated heterocycles. The number of hydrogen-bond donors (Lipinski definition) is 1. The molecule has 7 heteroatoms. The maximum Gasteiger partial charge on any atom is 0.234 e. The standard InChI is InChI=1S/C16H28N6O/c1-2-20-8-5-14(6-9-20)19-16(23)11-21-7-3-4-15(21)10-22-13-17-12-18-22/h12-15H,2-11H2,1H3,(H,19,23)/t15-/m0/s1. The van der Waals surface area contributed by atoms with Gasteiger partial charge in [0.15, 0.2) is 0 Å². The summed E-state index contributed by atoms with van der Waals surface area (Å²) in [6.45, 7) is 7.83. The molecule has 0 bridgehead atoms. The summed E-state index contributed by atoms with van der Waals surface area (Å²) >= 11 is 0. The molecule has 128 valence electrons. The van der Waals surface area contributed by atoms with Crippen LogP contribution in [-0.2, 0) is 11.3 Å². The predicted octanol–water partition coefficient (Wildman–Crippen LogP) is 0.343. The fourth-order valence-electron chi connectivity index (χ4n) is 3.70. The molecule has 3 heterocycles. The molecule has 23 heavy (non-hydrogen) atoms. The van der Waals surface area contributed by atoms with Gasteiger partial charge in [0, 0.05) is 25.2 Å². The summed E-state index contributed by atoms with van der Waals surface area (Å²) in [6, 6.07) is 0.742. The Kier molecular flexibility index (Phi) is 5.61. The van der Waals surface area contributed by atoms with E-state index in [2.05, 4.69) is 32.1 Å². The number of likely N-dealkylation sites (tertiary alicyclic amines) is 2. The summed E-state index contributed by atoms with van der Waals surface area (Å²) in [7, 11) is 0. The van der Waals surface area contributed by atoms with Gasteiger partial charge in [-0.1, -0.05) is 6.92 Å². The molecule has 0 radical (unpaired) electrons. The lowest BCUT2D eigenvalue weighted by molar-refractivity contribution is -0.123. The molecule has 1 aromatic rings. The fourth-order valence-corrected chi connectivity index (χ4v) is 3.70. The number of nitrogens with zero attached hydrogens (tertiary/aromatic N) is 5. The number of aromatic nitrogens is 3. The van der Waals surface area contributed by atoms with Crippen molar-refractivity contribution in [1.82, 2.24) is 29.9 Å². The number of carbonyl (C=O) groups excluding carboxylic acids is 1. The Bertz CT molecular complexity index is 483. The molecule has 7 nitrogen and oxygen atoms in total. The highest BCUT2D eigenvalue weighted by Gasteiger charge is 2.28. The van der Waals surface area contributed by atoms with Crippen LogP contribution in [0.15, 0.2) is 12.7 Å². The maximum atomic E-state index is 12.4. The first-order valence-corrected chi connectivity index (χ1v) is 8.82. The van der Waals surface area contributed by atoms with E-state index >= 15 is 0 Å². The van der Waals surface area contributed by atoms with E-state index in [9.17, 15) is 4.79 Å². The first-order valence-electron chi connectivity index (χ1n) is 8.82. The van der Waals surface area contributed by atoms with Crippen molar-refractivity contribution >= 4 is 5.91 Å². The van der Waals surface area contributed by atoms with Crippen LogP contribution < -0.4 is 5.32 Å². The minimum absolute atomic E-state index is 0.172. The molecule has 0 spiro atoms. The average molecular weight is 320 g/mol. The molecular formula is C16H28N6O. The van der Waals surface area contributed by atoms with Crippen LogP contribution in [0, 0.1) is 0 Å². The van der Waals surface area contributed by atoms with E-state index in [1.165, 1.54) is 0 Å². The van der Waals surface area contributed by atoms with Crippen LogP contribution in [-0.4, -0.2) is 75.3 Å². The van der Waals surface area contributed by atoms with Gasteiger partial charge >= 0.3 is 0 Å². The molecule has 1 atom stereocenters. The van der Waals surface area contributed by atoms with Crippen LogP contribution >= 0.6 is 0 Å². The SMILES string of the molecule is CCN1CCC(NC(=O)CN2CCC[C@H]2Cn2cncn2)CC1. The summed E-state index contributed by atoms with van der Waals surface area (Å²) in [5.74, 6) is 0.172. The minimum Gasteiger partial charge on any atom is -0.352 e. The molecule has 0 unspecified atom stereocenters. The van der Waals surface area contributed by atoms with Gasteiger partial charge in [0.1, 0.15) is 12.7 Å². The Balaban J connectivity index is 1.43. The van der Waals surface area contributed by atoms with Gasteiger partial charge in [-0.25, -0.2) is 4.98 Å². The van der Waals surface area contributed by atoms with Gasteiger partial charge in [0.05, 0.1) is 13.1 Å². The Morgan fingerprint density at radius 1 is 1.26 bits per heavy atom. The van der Waals surface area contributed by atoms with Gasteiger partial charge in [-0.15, -0.1) is 0 Å². The number of piperidine rings is 1. The molecule has 3 rings (SSSR count). The summed E-state index contributed by atoms with van der Waals surface area (Å²) in [5.41, 5.74) is 0. The summed E-state index contributed by atoms with van der Waals surface area (Å²) in [6.07, 6.45) is 7.74. The average Bonchev–Trinajstić information content (AvgIpc) is 3.21. The highest BCUT2D eigenvalue weighted by molar-refractivity contribution is 5.78. The topological polar surface area (TPSA) is 66.3 Å². The first-order chi connectivity index (χ1) is 11.2. The van der Waals surface area contributed by atoms with Gasteiger partial charge < -0.3 is 10.2 Å². The zero-order chi connectivity index (χ0) is 16.1. The second-order valence-electron chi connectivity index (χ2n) is 6.66. The van der Waals surface area contributed by atoms with Gasteiger partial charge in [-0.05, 0) is 38.8 Å². The molecule has 2 aliphatic rings. The Hall–Kier alpha value is -1.47. The molecule has 2 fully saturated rings. The van der Waals surface area contributed by atoms with E-state index in [1.807, 2.05) is 4.68 Å². The third kappa shape index (κ3) is 4.51. The molecule has 0 aromatic carbocycles. The van der Waals surface area contributed by atoms with Crippen molar-refractivity contribution < 1.29 is 4.79 Å². The fraction of sp³-hybridized carbons (Fsp3) is 0.812. The highest BCUT2D eigenvalue weighted by atomic mass is 16.2. The third-order valence-electron chi connectivity index (χ3n) is 5.11. The highest BCUT2D eigenvalue weighted by Crippen LogP contribution is 2.18. The number of nitrogens with one attached hydrogen (secondary N) is 1. The third-order valence-corrected chi connectivity index (χ3v) is 5.11. The quantitative estimate of drug-likeness (QED) is 0.819. The number of carbonyl (C=O) groups is 1. The van der Waals surface area contributed by atoms with Crippen LogP contribution in [0.4, 0.5) is 0 Å². The normalized spacial score (nSPS) is 24.1. The van der Waals surface area contributed by atoms with Crippen molar-refractivity contribution in [1.29, 1.82) is 0 Å². The van der Waals surface area contributed by atoms with Crippen LogP contribution in [0.5, 0.6) is 0 Å². The predicted molar refractivity (Wildman–Crippen MR) is 87.9 cm³/mol. The van der Waals surface area contributed by atoms with Crippen LogP contribution in [0.1, 0.15) is 32.6 Å².